The highest BCUT2D eigenvalue weighted by atomic mass is 16.5. The van der Waals surface area contributed by atoms with Crippen LogP contribution in [0.2, 0.25) is 0 Å². The summed E-state index contributed by atoms with van der Waals surface area (Å²) in [4.78, 5) is 4.22. The first-order valence-electron chi connectivity index (χ1n) is 4.28. The summed E-state index contributed by atoms with van der Waals surface area (Å²) in [6.45, 7) is 1.99. The molecule has 0 amide bonds. The third-order valence-electron chi connectivity index (χ3n) is 1.80. The van der Waals surface area contributed by atoms with E-state index in [0.717, 1.165) is 12.0 Å². The van der Waals surface area contributed by atoms with Gasteiger partial charge in [-0.05, 0) is 0 Å². The first-order chi connectivity index (χ1) is 6.40. The fourth-order valence-electron chi connectivity index (χ4n) is 1.10. The maximum absolute atomic E-state index is 5.01. The molecule has 13 heavy (non-hydrogen) atoms. The molecular formula is C10H10N2O. The van der Waals surface area contributed by atoms with E-state index < -0.39 is 0 Å². The van der Waals surface area contributed by atoms with Crippen molar-refractivity contribution < 1.29 is 4.52 Å². The fourth-order valence-corrected chi connectivity index (χ4v) is 1.10. The maximum atomic E-state index is 5.01. The van der Waals surface area contributed by atoms with Gasteiger partial charge >= 0.3 is 0 Å². The van der Waals surface area contributed by atoms with Gasteiger partial charge in [-0.3, -0.25) is 0 Å². The van der Waals surface area contributed by atoms with Crippen molar-refractivity contribution in [3.05, 3.63) is 36.2 Å². The zero-order valence-corrected chi connectivity index (χ0v) is 7.40. The van der Waals surface area contributed by atoms with E-state index in [1.54, 1.807) is 0 Å². The summed E-state index contributed by atoms with van der Waals surface area (Å²) in [5.41, 5.74) is 0.992. The molecule has 0 saturated carbocycles. The molecule has 1 aromatic carbocycles. The van der Waals surface area contributed by atoms with E-state index in [0.29, 0.717) is 11.7 Å². The molecule has 1 heterocycles. The van der Waals surface area contributed by atoms with Crippen molar-refractivity contribution in [1.82, 2.24) is 10.1 Å². The second kappa shape index (κ2) is 3.39. The molecule has 0 N–H and O–H groups in total. The Balaban J connectivity index is 2.36. The van der Waals surface area contributed by atoms with Gasteiger partial charge in [-0.15, -0.1) is 0 Å². The largest absolute Gasteiger partial charge is 0.339 e. The van der Waals surface area contributed by atoms with E-state index in [4.69, 9.17) is 4.52 Å². The number of hydrogen-bond donors (Lipinski definition) is 0. The summed E-state index contributed by atoms with van der Waals surface area (Å²) in [7, 11) is 0. The van der Waals surface area contributed by atoms with Gasteiger partial charge in [0.25, 0.3) is 0 Å². The molecule has 1 aromatic heterocycles. The Morgan fingerprint density at radius 1 is 1.23 bits per heavy atom. The Bertz CT molecular complexity index is 381. The van der Waals surface area contributed by atoms with Crippen LogP contribution in [-0.4, -0.2) is 10.1 Å². The van der Waals surface area contributed by atoms with Gasteiger partial charge in [-0.2, -0.15) is 4.98 Å². The molecule has 3 heteroatoms. The molecule has 3 nitrogen and oxygen atoms in total. The Morgan fingerprint density at radius 3 is 2.62 bits per heavy atom. The molecule has 0 spiro atoms. The van der Waals surface area contributed by atoms with Gasteiger partial charge in [-0.25, -0.2) is 0 Å². The third-order valence-corrected chi connectivity index (χ3v) is 1.80. The van der Waals surface area contributed by atoms with Crippen LogP contribution in [-0.2, 0) is 6.42 Å². The fraction of sp³-hybridized carbons (Fsp3) is 0.200. The zero-order valence-electron chi connectivity index (χ0n) is 7.40. The van der Waals surface area contributed by atoms with E-state index >= 15 is 0 Å². The average molecular weight is 174 g/mol. The van der Waals surface area contributed by atoms with Crippen LogP contribution in [0.15, 0.2) is 34.9 Å². The van der Waals surface area contributed by atoms with Crippen LogP contribution in [0.3, 0.4) is 0 Å². The molecule has 0 aliphatic carbocycles. The lowest BCUT2D eigenvalue weighted by molar-refractivity contribution is 0.383. The van der Waals surface area contributed by atoms with Crippen LogP contribution in [0, 0.1) is 0 Å². The molecule has 0 bridgehead atoms. The van der Waals surface area contributed by atoms with Crippen LogP contribution in [0.5, 0.6) is 0 Å². The molecule has 0 saturated heterocycles. The Labute approximate surface area is 76.4 Å². The topological polar surface area (TPSA) is 38.9 Å². The van der Waals surface area contributed by atoms with Crippen LogP contribution in [0.25, 0.3) is 11.4 Å². The Morgan fingerprint density at radius 2 is 2.00 bits per heavy atom. The standard InChI is InChI=1S/C10H10N2O/c1-2-9-11-10(12-13-9)8-6-4-3-5-7-8/h3-7H,2H2,1H3. The minimum Gasteiger partial charge on any atom is -0.339 e. The average Bonchev–Trinajstić information content (AvgIpc) is 2.67. The first kappa shape index (κ1) is 7.98. The van der Waals surface area contributed by atoms with E-state index in [-0.39, 0.29) is 0 Å². The lowest BCUT2D eigenvalue weighted by Crippen LogP contribution is -1.80. The zero-order chi connectivity index (χ0) is 9.10. The number of rotatable bonds is 2. The number of nitrogens with zero attached hydrogens (tertiary/aromatic N) is 2. The summed E-state index contributed by atoms with van der Waals surface area (Å²) in [6, 6.07) is 9.80. The van der Waals surface area contributed by atoms with E-state index in [1.807, 2.05) is 37.3 Å². The maximum Gasteiger partial charge on any atom is 0.226 e. The van der Waals surface area contributed by atoms with Crippen LogP contribution in [0.4, 0.5) is 0 Å². The Kier molecular flexibility index (Phi) is 2.08. The summed E-state index contributed by atoms with van der Waals surface area (Å²) in [6.07, 6.45) is 0.778. The van der Waals surface area contributed by atoms with Gasteiger partial charge in [0.1, 0.15) is 0 Å². The van der Waals surface area contributed by atoms with Crippen molar-refractivity contribution in [1.29, 1.82) is 0 Å². The number of hydrogen-bond acceptors (Lipinski definition) is 3. The highest BCUT2D eigenvalue weighted by Crippen LogP contribution is 2.14. The highest BCUT2D eigenvalue weighted by Gasteiger charge is 2.05. The summed E-state index contributed by atoms with van der Waals surface area (Å²) < 4.78 is 5.01. The molecule has 2 rings (SSSR count). The normalized spacial score (nSPS) is 10.2. The number of aryl methyl sites for hydroxylation is 1. The highest BCUT2D eigenvalue weighted by molar-refractivity contribution is 5.53. The van der Waals surface area contributed by atoms with Crippen molar-refractivity contribution >= 4 is 0 Å². The molecule has 66 valence electrons. The van der Waals surface area contributed by atoms with Crippen LogP contribution >= 0.6 is 0 Å². The second-order valence-electron chi connectivity index (χ2n) is 2.73. The SMILES string of the molecule is CCc1nc(-c2ccccc2)no1. The van der Waals surface area contributed by atoms with Crippen LogP contribution in [0.1, 0.15) is 12.8 Å². The molecular weight excluding hydrogens is 164 g/mol. The summed E-state index contributed by atoms with van der Waals surface area (Å²) in [5.74, 6) is 1.34. The van der Waals surface area contributed by atoms with Crippen LogP contribution < -0.4 is 0 Å². The van der Waals surface area contributed by atoms with E-state index in [9.17, 15) is 0 Å². The lowest BCUT2D eigenvalue weighted by atomic mass is 10.2. The second-order valence-corrected chi connectivity index (χ2v) is 2.73. The minimum absolute atomic E-state index is 0.664. The summed E-state index contributed by atoms with van der Waals surface area (Å²) in [5, 5.41) is 3.87. The quantitative estimate of drug-likeness (QED) is 0.701. The van der Waals surface area contributed by atoms with Gasteiger partial charge in [-0.1, -0.05) is 42.4 Å². The third kappa shape index (κ3) is 1.59. The number of benzene rings is 1. The molecule has 0 radical (unpaired) electrons. The van der Waals surface area contributed by atoms with Gasteiger partial charge in [0.2, 0.25) is 11.7 Å². The van der Waals surface area contributed by atoms with Gasteiger partial charge in [0.05, 0.1) is 0 Å². The number of aromatic nitrogens is 2. The Hall–Kier alpha value is -1.64. The van der Waals surface area contributed by atoms with Gasteiger partial charge in [0.15, 0.2) is 0 Å². The van der Waals surface area contributed by atoms with Crippen molar-refractivity contribution in [2.75, 3.05) is 0 Å². The molecule has 0 aliphatic rings. The van der Waals surface area contributed by atoms with E-state index in [2.05, 4.69) is 10.1 Å². The van der Waals surface area contributed by atoms with Gasteiger partial charge in [0, 0.05) is 12.0 Å². The lowest BCUT2D eigenvalue weighted by Gasteiger charge is -1.89. The molecule has 0 atom stereocenters. The smallest absolute Gasteiger partial charge is 0.226 e. The predicted molar refractivity (Wildman–Crippen MR) is 49.1 cm³/mol. The van der Waals surface area contributed by atoms with Crippen molar-refractivity contribution in [3.63, 3.8) is 0 Å². The molecule has 0 unspecified atom stereocenters. The van der Waals surface area contributed by atoms with Crippen molar-refractivity contribution in [2.45, 2.75) is 13.3 Å². The predicted octanol–water partition coefficient (Wildman–Crippen LogP) is 2.30. The first-order valence-corrected chi connectivity index (χ1v) is 4.28. The van der Waals surface area contributed by atoms with Crippen molar-refractivity contribution in [2.24, 2.45) is 0 Å². The molecule has 0 fully saturated rings. The summed E-state index contributed by atoms with van der Waals surface area (Å²) >= 11 is 0. The van der Waals surface area contributed by atoms with Crippen molar-refractivity contribution in [3.8, 4) is 11.4 Å². The molecule has 0 aliphatic heterocycles. The molecule has 2 aromatic rings. The monoisotopic (exact) mass is 174 g/mol. The van der Waals surface area contributed by atoms with Gasteiger partial charge < -0.3 is 4.52 Å². The van der Waals surface area contributed by atoms with E-state index in [1.165, 1.54) is 0 Å². The minimum atomic E-state index is 0.664.